The number of hydrogen-bond donors (Lipinski definition) is 1. The fourth-order valence-corrected chi connectivity index (χ4v) is 1.80. The predicted octanol–water partition coefficient (Wildman–Crippen LogP) is 1.91. The summed E-state index contributed by atoms with van der Waals surface area (Å²) in [5, 5.41) is 7.69. The van der Waals surface area contributed by atoms with E-state index in [9.17, 15) is 0 Å². The van der Waals surface area contributed by atoms with Gasteiger partial charge in [0.1, 0.15) is 0 Å². The number of nitrogens with one attached hydrogen (secondary N) is 1. The van der Waals surface area contributed by atoms with E-state index in [-0.39, 0.29) is 0 Å². The first-order valence-corrected chi connectivity index (χ1v) is 6.63. The molecular weight excluding hydrogens is 236 g/mol. The first-order chi connectivity index (χ1) is 9.16. The van der Waals surface area contributed by atoms with Crippen LogP contribution in [0.5, 0.6) is 0 Å². The van der Waals surface area contributed by atoms with Crippen LogP contribution < -0.4 is 5.32 Å². The summed E-state index contributed by atoms with van der Waals surface area (Å²) < 4.78 is 1.87. The fourth-order valence-electron chi connectivity index (χ4n) is 1.80. The normalized spacial score (nSPS) is 12.8. The van der Waals surface area contributed by atoms with E-state index in [2.05, 4.69) is 60.6 Å². The third-order valence-electron chi connectivity index (χ3n) is 3.36. The van der Waals surface area contributed by atoms with Crippen LogP contribution in [0.1, 0.15) is 12.5 Å². The van der Waals surface area contributed by atoms with E-state index in [1.807, 2.05) is 16.9 Å². The Morgan fingerprint density at radius 1 is 1.26 bits per heavy atom. The molecule has 0 bridgehead atoms. The van der Waals surface area contributed by atoms with Crippen molar-refractivity contribution in [1.29, 1.82) is 0 Å². The van der Waals surface area contributed by atoms with E-state index in [0.717, 1.165) is 18.8 Å². The molecule has 0 saturated carbocycles. The molecule has 1 atom stereocenters. The molecule has 4 nitrogen and oxygen atoms in total. The van der Waals surface area contributed by atoms with Crippen molar-refractivity contribution >= 4 is 0 Å². The van der Waals surface area contributed by atoms with Crippen molar-refractivity contribution in [3.63, 3.8) is 0 Å². The second-order valence-corrected chi connectivity index (χ2v) is 5.06. The van der Waals surface area contributed by atoms with Gasteiger partial charge in [0.25, 0.3) is 0 Å². The molecule has 1 aromatic heterocycles. The Labute approximate surface area is 115 Å². The maximum absolute atomic E-state index is 4.22. The quantitative estimate of drug-likeness (QED) is 0.859. The van der Waals surface area contributed by atoms with Crippen LogP contribution in [0.25, 0.3) is 5.69 Å². The van der Waals surface area contributed by atoms with Crippen molar-refractivity contribution in [2.75, 3.05) is 20.6 Å². The highest BCUT2D eigenvalue weighted by Gasteiger charge is 2.03. The Morgan fingerprint density at radius 2 is 2.00 bits per heavy atom. The Hall–Kier alpha value is -1.65. The standard InChI is InChI=1S/C15H22N4/c1-13(18(2)3)11-16-12-14-5-7-15(8-6-14)19-10-4-9-17-19/h4-10,13,16H,11-12H2,1-3H3. The minimum Gasteiger partial charge on any atom is -0.311 e. The molecular formula is C15H22N4. The molecule has 1 N–H and O–H groups in total. The van der Waals surface area contributed by atoms with Gasteiger partial charge in [0.15, 0.2) is 0 Å². The second-order valence-electron chi connectivity index (χ2n) is 5.06. The minimum atomic E-state index is 0.545. The first kappa shape index (κ1) is 13.8. The Kier molecular flexibility index (Phi) is 4.71. The van der Waals surface area contributed by atoms with Gasteiger partial charge in [-0.25, -0.2) is 4.68 Å². The topological polar surface area (TPSA) is 33.1 Å². The average Bonchev–Trinajstić information content (AvgIpc) is 2.93. The number of hydrogen-bond acceptors (Lipinski definition) is 3. The lowest BCUT2D eigenvalue weighted by molar-refractivity contribution is 0.302. The monoisotopic (exact) mass is 258 g/mol. The maximum atomic E-state index is 4.22. The number of likely N-dealkylation sites (N-methyl/N-ethyl adjacent to an activating group) is 1. The van der Waals surface area contributed by atoms with Crippen LogP contribution in [0.2, 0.25) is 0 Å². The van der Waals surface area contributed by atoms with Gasteiger partial charge in [-0.15, -0.1) is 0 Å². The molecule has 0 spiro atoms. The molecule has 0 saturated heterocycles. The summed E-state index contributed by atoms with van der Waals surface area (Å²) in [4.78, 5) is 2.22. The zero-order chi connectivity index (χ0) is 13.7. The van der Waals surface area contributed by atoms with Gasteiger partial charge in [-0.05, 0) is 44.8 Å². The molecule has 2 rings (SSSR count). The van der Waals surface area contributed by atoms with E-state index in [1.165, 1.54) is 5.56 Å². The predicted molar refractivity (Wildman–Crippen MR) is 78.4 cm³/mol. The van der Waals surface area contributed by atoms with E-state index < -0.39 is 0 Å². The molecule has 19 heavy (non-hydrogen) atoms. The van der Waals surface area contributed by atoms with Gasteiger partial charge in [0, 0.05) is 31.5 Å². The Balaban J connectivity index is 1.86. The largest absolute Gasteiger partial charge is 0.311 e. The molecule has 4 heteroatoms. The summed E-state index contributed by atoms with van der Waals surface area (Å²) >= 11 is 0. The van der Waals surface area contributed by atoms with Crippen LogP contribution in [-0.2, 0) is 6.54 Å². The summed E-state index contributed by atoms with van der Waals surface area (Å²) in [6, 6.07) is 11.0. The summed E-state index contributed by atoms with van der Waals surface area (Å²) in [7, 11) is 4.20. The van der Waals surface area contributed by atoms with Gasteiger partial charge < -0.3 is 10.2 Å². The highest BCUT2D eigenvalue weighted by Crippen LogP contribution is 2.08. The first-order valence-electron chi connectivity index (χ1n) is 6.63. The van der Waals surface area contributed by atoms with Crippen LogP contribution >= 0.6 is 0 Å². The van der Waals surface area contributed by atoms with Crippen LogP contribution in [0, 0.1) is 0 Å². The molecule has 1 unspecified atom stereocenters. The van der Waals surface area contributed by atoms with Crippen molar-refractivity contribution in [3.05, 3.63) is 48.3 Å². The fraction of sp³-hybridized carbons (Fsp3) is 0.400. The molecule has 1 aromatic carbocycles. The minimum absolute atomic E-state index is 0.545. The van der Waals surface area contributed by atoms with Gasteiger partial charge in [-0.1, -0.05) is 12.1 Å². The smallest absolute Gasteiger partial charge is 0.0645 e. The highest BCUT2D eigenvalue weighted by molar-refractivity contribution is 5.33. The summed E-state index contributed by atoms with van der Waals surface area (Å²) in [5.41, 5.74) is 2.39. The number of aromatic nitrogens is 2. The van der Waals surface area contributed by atoms with E-state index in [4.69, 9.17) is 0 Å². The molecule has 102 valence electrons. The summed E-state index contributed by atoms with van der Waals surface area (Å²) in [5.74, 6) is 0. The number of rotatable bonds is 6. The average molecular weight is 258 g/mol. The molecule has 0 amide bonds. The summed E-state index contributed by atoms with van der Waals surface area (Å²) in [6.45, 7) is 4.11. The lowest BCUT2D eigenvalue weighted by atomic mass is 10.2. The zero-order valence-electron chi connectivity index (χ0n) is 11.9. The van der Waals surface area contributed by atoms with Gasteiger partial charge in [0.2, 0.25) is 0 Å². The highest BCUT2D eigenvalue weighted by atomic mass is 15.3. The third kappa shape index (κ3) is 3.91. The van der Waals surface area contributed by atoms with Crippen LogP contribution in [0.3, 0.4) is 0 Å². The van der Waals surface area contributed by atoms with Crippen molar-refractivity contribution in [2.45, 2.75) is 19.5 Å². The van der Waals surface area contributed by atoms with Crippen molar-refractivity contribution in [3.8, 4) is 5.69 Å². The van der Waals surface area contributed by atoms with E-state index in [1.54, 1.807) is 6.20 Å². The molecule has 2 aromatic rings. The van der Waals surface area contributed by atoms with Crippen LogP contribution in [0.15, 0.2) is 42.7 Å². The van der Waals surface area contributed by atoms with Crippen molar-refractivity contribution < 1.29 is 0 Å². The second kappa shape index (κ2) is 6.50. The molecule has 0 radical (unpaired) electrons. The van der Waals surface area contributed by atoms with Crippen LogP contribution in [0.4, 0.5) is 0 Å². The summed E-state index contributed by atoms with van der Waals surface area (Å²) in [6.07, 6.45) is 3.74. The molecule has 0 fully saturated rings. The van der Waals surface area contributed by atoms with E-state index >= 15 is 0 Å². The Bertz CT molecular complexity index is 473. The lowest BCUT2D eigenvalue weighted by Gasteiger charge is -2.20. The SMILES string of the molecule is CC(CNCc1ccc(-n2cccn2)cc1)N(C)C. The zero-order valence-corrected chi connectivity index (χ0v) is 11.9. The van der Waals surface area contributed by atoms with Crippen molar-refractivity contribution in [1.82, 2.24) is 20.0 Å². The number of benzene rings is 1. The van der Waals surface area contributed by atoms with Gasteiger partial charge in [-0.3, -0.25) is 0 Å². The van der Waals surface area contributed by atoms with Gasteiger partial charge >= 0.3 is 0 Å². The third-order valence-corrected chi connectivity index (χ3v) is 3.36. The molecule has 1 heterocycles. The van der Waals surface area contributed by atoms with Crippen LogP contribution in [-0.4, -0.2) is 41.4 Å². The van der Waals surface area contributed by atoms with Gasteiger partial charge in [-0.2, -0.15) is 5.10 Å². The number of nitrogens with zero attached hydrogens (tertiary/aromatic N) is 3. The van der Waals surface area contributed by atoms with E-state index in [0.29, 0.717) is 6.04 Å². The van der Waals surface area contributed by atoms with Gasteiger partial charge in [0.05, 0.1) is 5.69 Å². The molecule has 0 aliphatic heterocycles. The maximum Gasteiger partial charge on any atom is 0.0645 e. The van der Waals surface area contributed by atoms with Crippen molar-refractivity contribution in [2.24, 2.45) is 0 Å². The molecule has 0 aliphatic rings. The molecule has 0 aliphatic carbocycles. The Morgan fingerprint density at radius 3 is 2.58 bits per heavy atom. The lowest BCUT2D eigenvalue weighted by Crippen LogP contribution is -2.35.